The number of nitrogen functional groups attached to an aromatic ring is 1. The number of nitriles is 1. The Morgan fingerprint density at radius 1 is 1.11 bits per heavy atom. The number of anilines is 2. The van der Waals surface area contributed by atoms with Crippen molar-refractivity contribution in [2.45, 2.75) is 32.6 Å². The summed E-state index contributed by atoms with van der Waals surface area (Å²) in [5, 5.41) is 10.4. The van der Waals surface area contributed by atoms with Gasteiger partial charge in [-0.3, -0.25) is 4.79 Å². The van der Waals surface area contributed by atoms with E-state index >= 15 is 0 Å². The maximum Gasteiger partial charge on any atom is 0.227 e. The Morgan fingerprint density at radius 3 is 2.76 bits per heavy atom. The molecule has 2 N–H and O–H groups in total. The van der Waals surface area contributed by atoms with Crippen LogP contribution in [0.5, 0.6) is 17.2 Å². The zero-order valence-electron chi connectivity index (χ0n) is 20.8. The first-order valence-electron chi connectivity index (χ1n) is 12.3. The molecule has 1 aromatic heterocycles. The van der Waals surface area contributed by atoms with E-state index in [9.17, 15) is 10.1 Å². The third kappa shape index (κ3) is 4.64. The highest BCUT2D eigenvalue weighted by Crippen LogP contribution is 2.39. The number of nitrogens with two attached hydrogens (primary N) is 1. The van der Waals surface area contributed by atoms with Gasteiger partial charge in [-0.1, -0.05) is 25.1 Å². The molecule has 186 valence electrons. The fourth-order valence-corrected chi connectivity index (χ4v) is 4.71. The lowest BCUT2D eigenvalue weighted by atomic mass is 9.96. The first-order valence-corrected chi connectivity index (χ1v) is 12.3. The number of hydrogen-bond acceptors (Lipinski definition) is 7. The molecule has 5 rings (SSSR count). The Hall–Kier alpha value is -4.64. The van der Waals surface area contributed by atoms with Crippen LogP contribution in [0.3, 0.4) is 0 Å². The highest BCUT2D eigenvalue weighted by Gasteiger charge is 2.32. The van der Waals surface area contributed by atoms with Crippen molar-refractivity contribution < 1.29 is 14.3 Å². The van der Waals surface area contributed by atoms with E-state index in [-0.39, 0.29) is 11.8 Å². The van der Waals surface area contributed by atoms with Crippen LogP contribution in [-0.4, -0.2) is 29.0 Å². The van der Waals surface area contributed by atoms with Crippen LogP contribution in [0.2, 0.25) is 0 Å². The van der Waals surface area contributed by atoms with Crippen molar-refractivity contribution in [2.24, 2.45) is 0 Å². The van der Waals surface area contributed by atoms with Gasteiger partial charge in [0.1, 0.15) is 24.0 Å². The minimum Gasteiger partial charge on any atom is -0.490 e. The molecule has 1 aliphatic heterocycles. The Labute approximate surface area is 215 Å². The Balaban J connectivity index is 1.45. The summed E-state index contributed by atoms with van der Waals surface area (Å²) in [7, 11) is 0. The van der Waals surface area contributed by atoms with Crippen molar-refractivity contribution in [1.82, 2.24) is 9.97 Å². The van der Waals surface area contributed by atoms with Gasteiger partial charge in [-0.15, -0.1) is 0 Å². The van der Waals surface area contributed by atoms with Crippen LogP contribution in [0, 0.1) is 11.3 Å². The molecular weight excluding hydrogens is 466 g/mol. The average molecular weight is 494 g/mol. The molecule has 1 aliphatic rings. The van der Waals surface area contributed by atoms with Crippen molar-refractivity contribution >= 4 is 28.3 Å². The van der Waals surface area contributed by atoms with Gasteiger partial charge < -0.3 is 20.1 Å². The second-order valence-electron chi connectivity index (χ2n) is 8.87. The molecule has 0 bridgehead atoms. The number of benzene rings is 3. The molecule has 2 heterocycles. The number of para-hydroxylation sites is 1. The monoisotopic (exact) mass is 493 g/mol. The summed E-state index contributed by atoms with van der Waals surface area (Å²) < 4.78 is 12.1. The molecule has 1 saturated heterocycles. The van der Waals surface area contributed by atoms with E-state index in [0.29, 0.717) is 48.2 Å². The molecule has 3 aromatic carbocycles. The number of ether oxygens (including phenoxy) is 2. The van der Waals surface area contributed by atoms with Gasteiger partial charge in [-0.25, -0.2) is 9.97 Å². The number of carbonyl (C=O) groups excluding carboxylic acids is 1. The second kappa shape index (κ2) is 10.2. The normalized spacial score (nSPS) is 15.1. The van der Waals surface area contributed by atoms with E-state index in [1.807, 2.05) is 37.3 Å². The van der Waals surface area contributed by atoms with Gasteiger partial charge in [0.15, 0.2) is 11.5 Å². The smallest absolute Gasteiger partial charge is 0.227 e. The van der Waals surface area contributed by atoms with Gasteiger partial charge in [-0.05, 0) is 60.9 Å². The standard InChI is InChI=1S/C29H27N5O3/c1-3-18-8-9-19(12-26(18)37-28-20(15-30)6-5-7-25(28)36-4-2)21-13-27(35)34(16-21)22-10-11-24-23(14-22)29(31)33-17-32-24/h5-12,14,17,21H,3-4,13,16H2,1-2H3,(H2,31,32,33)/t21-/m0/s1. The lowest BCUT2D eigenvalue weighted by molar-refractivity contribution is -0.117. The topological polar surface area (TPSA) is 114 Å². The molecule has 1 atom stereocenters. The molecule has 1 fully saturated rings. The quantitative estimate of drug-likeness (QED) is 0.369. The number of rotatable bonds is 7. The SMILES string of the molecule is CCOc1cccc(C#N)c1Oc1cc([C@H]2CC(=O)N(c3ccc4ncnc(N)c4c3)C2)ccc1CC. The van der Waals surface area contributed by atoms with Crippen molar-refractivity contribution in [2.75, 3.05) is 23.8 Å². The second-order valence-corrected chi connectivity index (χ2v) is 8.87. The molecular formula is C29H27N5O3. The zero-order chi connectivity index (χ0) is 25.9. The van der Waals surface area contributed by atoms with Gasteiger partial charge >= 0.3 is 0 Å². The third-order valence-electron chi connectivity index (χ3n) is 6.64. The number of nitrogens with zero attached hydrogens (tertiary/aromatic N) is 4. The maximum atomic E-state index is 13.1. The first-order chi connectivity index (χ1) is 18.0. The fourth-order valence-electron chi connectivity index (χ4n) is 4.71. The van der Waals surface area contributed by atoms with E-state index in [2.05, 4.69) is 29.0 Å². The number of amides is 1. The van der Waals surface area contributed by atoms with Crippen molar-refractivity contribution in [3.05, 3.63) is 77.6 Å². The maximum absolute atomic E-state index is 13.1. The molecule has 0 aliphatic carbocycles. The molecule has 8 heteroatoms. The van der Waals surface area contributed by atoms with Crippen molar-refractivity contribution in [3.63, 3.8) is 0 Å². The third-order valence-corrected chi connectivity index (χ3v) is 6.64. The molecule has 0 spiro atoms. The predicted octanol–water partition coefficient (Wildman–Crippen LogP) is 5.36. The van der Waals surface area contributed by atoms with E-state index in [1.165, 1.54) is 6.33 Å². The molecule has 4 aromatic rings. The fraction of sp³-hybridized carbons (Fsp3) is 0.241. The minimum atomic E-state index is -0.0154. The molecule has 0 unspecified atom stereocenters. The summed E-state index contributed by atoms with van der Waals surface area (Å²) in [6.45, 7) is 4.93. The molecule has 0 saturated carbocycles. The van der Waals surface area contributed by atoms with Crippen LogP contribution in [0.1, 0.15) is 42.9 Å². The molecule has 0 radical (unpaired) electrons. The van der Waals surface area contributed by atoms with Crippen LogP contribution in [-0.2, 0) is 11.2 Å². The number of carbonyl (C=O) groups is 1. The Bertz CT molecular complexity index is 1530. The first kappa shape index (κ1) is 24.1. The summed E-state index contributed by atoms with van der Waals surface area (Å²) in [6.07, 6.45) is 2.56. The number of fused-ring (bicyclic) bond motifs is 1. The van der Waals surface area contributed by atoms with Crippen LogP contribution < -0.4 is 20.1 Å². The molecule has 8 nitrogen and oxygen atoms in total. The zero-order valence-corrected chi connectivity index (χ0v) is 20.8. The Kier molecular flexibility index (Phi) is 6.60. The van der Waals surface area contributed by atoms with Gasteiger partial charge in [-0.2, -0.15) is 5.26 Å². The summed E-state index contributed by atoms with van der Waals surface area (Å²) in [6, 6.07) is 19.2. The van der Waals surface area contributed by atoms with Gasteiger partial charge in [0.25, 0.3) is 0 Å². The van der Waals surface area contributed by atoms with Gasteiger partial charge in [0, 0.05) is 30.0 Å². The number of aryl methyl sites for hydroxylation is 1. The summed E-state index contributed by atoms with van der Waals surface area (Å²) >= 11 is 0. The number of aromatic nitrogens is 2. The van der Waals surface area contributed by atoms with Crippen LogP contribution in [0.25, 0.3) is 10.9 Å². The largest absolute Gasteiger partial charge is 0.490 e. The van der Waals surface area contributed by atoms with Crippen LogP contribution >= 0.6 is 0 Å². The Morgan fingerprint density at radius 2 is 1.97 bits per heavy atom. The van der Waals surface area contributed by atoms with Gasteiger partial charge in [0.05, 0.1) is 17.7 Å². The van der Waals surface area contributed by atoms with E-state index in [0.717, 1.165) is 34.1 Å². The van der Waals surface area contributed by atoms with Gasteiger partial charge in [0.2, 0.25) is 5.91 Å². The average Bonchev–Trinajstić information content (AvgIpc) is 3.31. The summed E-state index contributed by atoms with van der Waals surface area (Å²) in [5.41, 5.74) is 9.95. The van der Waals surface area contributed by atoms with Crippen molar-refractivity contribution in [1.29, 1.82) is 5.26 Å². The van der Waals surface area contributed by atoms with Crippen LogP contribution in [0.4, 0.5) is 11.5 Å². The predicted molar refractivity (Wildman–Crippen MR) is 142 cm³/mol. The number of hydrogen-bond donors (Lipinski definition) is 1. The highest BCUT2D eigenvalue weighted by molar-refractivity contribution is 5.99. The van der Waals surface area contributed by atoms with Crippen LogP contribution in [0.15, 0.2) is 60.9 Å². The lowest BCUT2D eigenvalue weighted by Gasteiger charge is -2.19. The summed E-state index contributed by atoms with van der Waals surface area (Å²) in [5.74, 6) is 1.99. The van der Waals surface area contributed by atoms with E-state index in [1.54, 1.807) is 23.1 Å². The molecule has 1 amide bonds. The van der Waals surface area contributed by atoms with E-state index in [4.69, 9.17) is 15.2 Å². The minimum absolute atomic E-state index is 0.0154. The summed E-state index contributed by atoms with van der Waals surface area (Å²) in [4.78, 5) is 23.2. The van der Waals surface area contributed by atoms with Crippen molar-refractivity contribution in [3.8, 4) is 23.3 Å². The molecule has 37 heavy (non-hydrogen) atoms. The van der Waals surface area contributed by atoms with E-state index < -0.39 is 0 Å². The highest BCUT2D eigenvalue weighted by atomic mass is 16.5. The lowest BCUT2D eigenvalue weighted by Crippen LogP contribution is -2.24.